The monoisotopic (exact) mass is 216 g/mol. The number of rotatable bonds is 2. The fraction of sp³-hybridized carbons (Fsp3) is 0.333. The molecule has 0 spiro atoms. The van der Waals surface area contributed by atoms with Crippen LogP contribution in [0, 0.1) is 18.3 Å². The summed E-state index contributed by atoms with van der Waals surface area (Å²) >= 11 is 5.66. The van der Waals surface area contributed by atoms with E-state index in [2.05, 4.69) is 4.98 Å². The first kappa shape index (κ1) is 10.9. The zero-order valence-corrected chi connectivity index (χ0v) is 8.15. The van der Waals surface area contributed by atoms with Crippen LogP contribution in [0.5, 0.6) is 0 Å². The van der Waals surface area contributed by atoms with Crippen molar-refractivity contribution >= 4 is 11.6 Å². The van der Waals surface area contributed by atoms with E-state index in [1.807, 2.05) is 6.07 Å². The van der Waals surface area contributed by atoms with E-state index >= 15 is 0 Å². The molecule has 2 nitrogen and oxygen atoms in total. The Balaban J connectivity index is 3.19. The Labute approximate surface area is 85.1 Å². The SMILES string of the molecule is Cc1cc(C(F)F)nc(Cl)c1CC#N. The first-order chi connectivity index (χ1) is 6.56. The van der Waals surface area contributed by atoms with Gasteiger partial charge in [-0.2, -0.15) is 5.26 Å². The van der Waals surface area contributed by atoms with E-state index < -0.39 is 6.43 Å². The lowest BCUT2D eigenvalue weighted by atomic mass is 10.1. The Morgan fingerprint density at radius 2 is 2.29 bits per heavy atom. The summed E-state index contributed by atoms with van der Waals surface area (Å²) in [7, 11) is 0. The van der Waals surface area contributed by atoms with Crippen molar-refractivity contribution in [2.45, 2.75) is 19.8 Å². The maximum absolute atomic E-state index is 12.3. The van der Waals surface area contributed by atoms with Crippen LogP contribution in [0.2, 0.25) is 5.15 Å². The number of alkyl halides is 2. The molecule has 0 amide bonds. The van der Waals surface area contributed by atoms with Gasteiger partial charge in [-0.05, 0) is 18.6 Å². The van der Waals surface area contributed by atoms with Crippen LogP contribution in [0.4, 0.5) is 8.78 Å². The van der Waals surface area contributed by atoms with E-state index in [1.165, 1.54) is 6.07 Å². The summed E-state index contributed by atoms with van der Waals surface area (Å²) in [5.41, 5.74) is 0.731. The topological polar surface area (TPSA) is 36.7 Å². The molecule has 1 rings (SSSR count). The van der Waals surface area contributed by atoms with Gasteiger partial charge in [0, 0.05) is 5.56 Å². The summed E-state index contributed by atoms with van der Waals surface area (Å²) in [6, 6.07) is 3.16. The van der Waals surface area contributed by atoms with Crippen molar-refractivity contribution in [3.8, 4) is 6.07 Å². The molecule has 0 aliphatic carbocycles. The van der Waals surface area contributed by atoms with Crippen LogP contribution in [-0.2, 0) is 6.42 Å². The molecule has 0 bridgehead atoms. The molecule has 0 unspecified atom stereocenters. The first-order valence-corrected chi connectivity index (χ1v) is 4.25. The molecule has 1 heterocycles. The van der Waals surface area contributed by atoms with Crippen LogP contribution < -0.4 is 0 Å². The third-order valence-corrected chi connectivity index (χ3v) is 2.11. The highest BCUT2D eigenvalue weighted by molar-refractivity contribution is 6.30. The summed E-state index contributed by atoms with van der Waals surface area (Å²) in [5, 5.41) is 8.45. The Hall–Kier alpha value is -1.21. The zero-order valence-electron chi connectivity index (χ0n) is 7.39. The summed E-state index contributed by atoms with van der Waals surface area (Å²) < 4.78 is 24.5. The quantitative estimate of drug-likeness (QED) is 0.713. The molecule has 74 valence electrons. The fourth-order valence-electron chi connectivity index (χ4n) is 1.09. The summed E-state index contributed by atoms with van der Waals surface area (Å²) in [4.78, 5) is 3.52. The predicted molar refractivity (Wildman–Crippen MR) is 48.3 cm³/mol. The minimum atomic E-state index is -2.64. The predicted octanol–water partition coefficient (Wildman–Crippen LogP) is 3.05. The zero-order chi connectivity index (χ0) is 10.7. The maximum atomic E-state index is 12.3. The van der Waals surface area contributed by atoms with Crippen molar-refractivity contribution in [1.29, 1.82) is 5.26 Å². The number of hydrogen-bond donors (Lipinski definition) is 0. The molecule has 0 saturated carbocycles. The van der Waals surface area contributed by atoms with Gasteiger partial charge in [0.2, 0.25) is 0 Å². The molecular weight excluding hydrogens is 210 g/mol. The lowest BCUT2D eigenvalue weighted by molar-refractivity contribution is 0.146. The van der Waals surface area contributed by atoms with Crippen molar-refractivity contribution in [3.63, 3.8) is 0 Å². The molecule has 0 radical (unpaired) electrons. The minimum absolute atomic E-state index is 0.0122. The van der Waals surface area contributed by atoms with E-state index in [0.717, 1.165) is 0 Å². The number of aromatic nitrogens is 1. The van der Waals surface area contributed by atoms with Gasteiger partial charge < -0.3 is 0 Å². The van der Waals surface area contributed by atoms with Crippen molar-refractivity contribution in [2.75, 3.05) is 0 Å². The van der Waals surface area contributed by atoms with Crippen LogP contribution in [0.3, 0.4) is 0 Å². The summed E-state index contributed by atoms with van der Waals surface area (Å²) in [5.74, 6) is 0. The number of aryl methyl sites for hydroxylation is 1. The molecule has 1 aromatic rings. The highest BCUT2D eigenvalue weighted by atomic mass is 35.5. The molecule has 0 atom stereocenters. The molecule has 0 fully saturated rings. The molecular formula is C9H7ClF2N2. The van der Waals surface area contributed by atoms with E-state index in [-0.39, 0.29) is 17.3 Å². The second kappa shape index (κ2) is 4.34. The molecule has 0 aliphatic rings. The van der Waals surface area contributed by atoms with Crippen LogP contribution in [0.25, 0.3) is 0 Å². The summed E-state index contributed by atoms with van der Waals surface area (Å²) in [6.45, 7) is 1.63. The van der Waals surface area contributed by atoms with Gasteiger partial charge >= 0.3 is 0 Å². The third-order valence-electron chi connectivity index (χ3n) is 1.80. The molecule has 5 heteroatoms. The van der Waals surface area contributed by atoms with Crippen LogP contribution in [0.1, 0.15) is 23.2 Å². The smallest absolute Gasteiger partial charge is 0.235 e. The lowest BCUT2D eigenvalue weighted by Crippen LogP contribution is -1.98. The number of nitrogens with zero attached hydrogens (tertiary/aromatic N) is 2. The number of pyridine rings is 1. The van der Waals surface area contributed by atoms with Gasteiger partial charge in [0.1, 0.15) is 10.8 Å². The number of halogens is 3. The molecule has 0 saturated heterocycles. The maximum Gasteiger partial charge on any atom is 0.280 e. The van der Waals surface area contributed by atoms with Crippen LogP contribution >= 0.6 is 11.6 Å². The van der Waals surface area contributed by atoms with Crippen molar-refractivity contribution in [3.05, 3.63) is 28.0 Å². The van der Waals surface area contributed by atoms with E-state index in [1.54, 1.807) is 6.92 Å². The highest BCUT2D eigenvalue weighted by Crippen LogP contribution is 2.24. The molecule has 0 N–H and O–H groups in total. The Bertz CT molecular complexity index is 362. The van der Waals surface area contributed by atoms with Crippen LogP contribution in [0.15, 0.2) is 6.07 Å². The minimum Gasteiger partial charge on any atom is -0.235 e. The van der Waals surface area contributed by atoms with E-state index in [9.17, 15) is 8.78 Å². The average Bonchev–Trinajstić information content (AvgIpc) is 2.10. The fourth-order valence-corrected chi connectivity index (χ4v) is 1.40. The second-order valence-electron chi connectivity index (χ2n) is 2.77. The molecule has 14 heavy (non-hydrogen) atoms. The number of nitriles is 1. The Morgan fingerprint density at radius 3 is 2.71 bits per heavy atom. The standard InChI is InChI=1S/C9H7ClF2N2/c1-5-4-7(9(11)12)14-8(10)6(5)2-3-13/h4,9H,2H2,1H3. The molecule has 0 aliphatic heterocycles. The largest absolute Gasteiger partial charge is 0.280 e. The van der Waals surface area contributed by atoms with E-state index in [0.29, 0.717) is 11.1 Å². The van der Waals surface area contributed by atoms with E-state index in [4.69, 9.17) is 16.9 Å². The highest BCUT2D eigenvalue weighted by Gasteiger charge is 2.14. The van der Waals surface area contributed by atoms with Gasteiger partial charge in [-0.25, -0.2) is 13.8 Å². The van der Waals surface area contributed by atoms with Gasteiger partial charge in [0.05, 0.1) is 12.5 Å². The third kappa shape index (κ3) is 2.18. The molecule has 0 aromatic carbocycles. The van der Waals surface area contributed by atoms with Crippen LogP contribution in [-0.4, -0.2) is 4.98 Å². The normalized spacial score (nSPS) is 10.3. The van der Waals surface area contributed by atoms with Gasteiger partial charge in [-0.1, -0.05) is 11.6 Å². The summed E-state index contributed by atoms with van der Waals surface area (Å²) in [6.07, 6.45) is -2.55. The van der Waals surface area contributed by atoms with Crippen molar-refractivity contribution in [2.24, 2.45) is 0 Å². The second-order valence-corrected chi connectivity index (χ2v) is 3.13. The van der Waals surface area contributed by atoms with Gasteiger partial charge in [0.15, 0.2) is 0 Å². The Kier molecular flexibility index (Phi) is 3.37. The first-order valence-electron chi connectivity index (χ1n) is 3.87. The van der Waals surface area contributed by atoms with Crippen molar-refractivity contribution in [1.82, 2.24) is 4.98 Å². The van der Waals surface area contributed by atoms with Gasteiger partial charge in [-0.15, -0.1) is 0 Å². The van der Waals surface area contributed by atoms with Gasteiger partial charge in [0.25, 0.3) is 6.43 Å². The number of hydrogen-bond acceptors (Lipinski definition) is 2. The van der Waals surface area contributed by atoms with Gasteiger partial charge in [-0.3, -0.25) is 0 Å². The van der Waals surface area contributed by atoms with Crippen molar-refractivity contribution < 1.29 is 8.78 Å². The molecule has 1 aromatic heterocycles. The average molecular weight is 217 g/mol. The Morgan fingerprint density at radius 1 is 1.64 bits per heavy atom. The lowest BCUT2D eigenvalue weighted by Gasteiger charge is -2.06.